The zero-order chi connectivity index (χ0) is 13.3. The van der Waals surface area contributed by atoms with E-state index < -0.39 is 0 Å². The Bertz CT molecular complexity index is 593. The molecule has 0 aliphatic carbocycles. The molecule has 0 unspecified atom stereocenters. The minimum absolute atomic E-state index is 0.155. The molecule has 0 bridgehead atoms. The number of amides is 1. The lowest BCUT2D eigenvalue weighted by Crippen LogP contribution is -2.10. The zero-order valence-electron chi connectivity index (χ0n) is 9.26. The Balaban J connectivity index is 2.21. The third-order valence-electron chi connectivity index (χ3n) is 2.26. The Labute approximate surface area is 131 Å². The van der Waals surface area contributed by atoms with Crippen LogP contribution in [0.15, 0.2) is 32.5 Å². The van der Waals surface area contributed by atoms with Crippen molar-refractivity contribution >= 4 is 66.4 Å². The van der Waals surface area contributed by atoms with Crippen LogP contribution in [-0.4, -0.2) is 5.91 Å². The first-order valence-electron chi connectivity index (χ1n) is 4.99. The van der Waals surface area contributed by atoms with Crippen LogP contribution in [-0.2, 0) is 0 Å². The fraction of sp³-hybridized carbons (Fsp3) is 0.0833. The van der Waals surface area contributed by atoms with Crippen molar-refractivity contribution in [3.63, 3.8) is 0 Å². The lowest BCUT2D eigenvalue weighted by atomic mass is 10.3. The summed E-state index contributed by atoms with van der Waals surface area (Å²) < 4.78 is 1.84. The van der Waals surface area contributed by atoms with E-state index in [2.05, 4.69) is 37.2 Å². The predicted octanol–water partition coefficient (Wildman–Crippen LogP) is 5.49. The molecule has 0 atom stereocenters. The molecule has 18 heavy (non-hydrogen) atoms. The number of benzene rings is 1. The Morgan fingerprint density at radius 2 is 2.06 bits per heavy atom. The van der Waals surface area contributed by atoms with Gasteiger partial charge in [0.1, 0.15) is 0 Å². The third kappa shape index (κ3) is 3.15. The predicted molar refractivity (Wildman–Crippen MR) is 83.9 cm³/mol. The van der Waals surface area contributed by atoms with Gasteiger partial charge in [-0.3, -0.25) is 4.79 Å². The van der Waals surface area contributed by atoms with Gasteiger partial charge in [0.05, 0.1) is 19.4 Å². The van der Waals surface area contributed by atoms with E-state index in [0.29, 0.717) is 15.6 Å². The number of aryl methyl sites for hydroxylation is 1. The van der Waals surface area contributed by atoms with Crippen molar-refractivity contribution in [2.45, 2.75) is 6.92 Å². The van der Waals surface area contributed by atoms with Gasteiger partial charge in [0.15, 0.2) is 0 Å². The molecule has 1 aromatic heterocycles. The van der Waals surface area contributed by atoms with Gasteiger partial charge in [0.25, 0.3) is 5.91 Å². The van der Waals surface area contributed by atoms with E-state index in [1.165, 1.54) is 11.3 Å². The van der Waals surface area contributed by atoms with Crippen LogP contribution >= 0.6 is 54.8 Å². The number of rotatable bonds is 2. The first kappa shape index (κ1) is 14.1. The largest absolute Gasteiger partial charge is 0.320 e. The number of hydrogen-bond acceptors (Lipinski definition) is 2. The smallest absolute Gasteiger partial charge is 0.265 e. The van der Waals surface area contributed by atoms with E-state index in [4.69, 9.17) is 11.6 Å². The van der Waals surface area contributed by atoms with Gasteiger partial charge in [-0.1, -0.05) is 27.5 Å². The first-order chi connectivity index (χ1) is 8.47. The van der Waals surface area contributed by atoms with E-state index in [1.54, 1.807) is 12.1 Å². The number of halogens is 3. The van der Waals surface area contributed by atoms with Crippen LogP contribution in [0.25, 0.3) is 0 Å². The standard InChI is InChI=1S/C12H8Br2ClNOS/c1-6-4-10(18-11(6)14)12(17)16-9-3-2-7(13)5-8(9)15/h2-5H,1H3,(H,16,17). The monoisotopic (exact) mass is 407 g/mol. The van der Waals surface area contributed by atoms with Gasteiger partial charge in [0.2, 0.25) is 0 Å². The summed E-state index contributed by atoms with van der Waals surface area (Å²) in [5.74, 6) is -0.155. The lowest BCUT2D eigenvalue weighted by molar-refractivity contribution is 0.103. The summed E-state index contributed by atoms with van der Waals surface area (Å²) in [7, 11) is 0. The third-order valence-corrected chi connectivity index (χ3v) is 5.20. The van der Waals surface area contributed by atoms with E-state index in [0.717, 1.165) is 13.8 Å². The van der Waals surface area contributed by atoms with Crippen molar-refractivity contribution in [2.24, 2.45) is 0 Å². The van der Waals surface area contributed by atoms with Crippen molar-refractivity contribution < 1.29 is 4.79 Å². The van der Waals surface area contributed by atoms with Crippen LogP contribution in [0.4, 0.5) is 5.69 Å². The summed E-state index contributed by atoms with van der Waals surface area (Å²) >= 11 is 14.2. The molecular weight excluding hydrogens is 401 g/mol. The van der Waals surface area contributed by atoms with Crippen LogP contribution in [0.2, 0.25) is 5.02 Å². The average molecular weight is 410 g/mol. The van der Waals surface area contributed by atoms with Crippen molar-refractivity contribution in [2.75, 3.05) is 5.32 Å². The molecule has 0 radical (unpaired) electrons. The van der Waals surface area contributed by atoms with Gasteiger partial charge in [0, 0.05) is 4.47 Å². The number of carbonyl (C=O) groups is 1. The summed E-state index contributed by atoms with van der Waals surface area (Å²) in [5.41, 5.74) is 1.65. The molecule has 0 spiro atoms. The molecule has 0 aliphatic heterocycles. The summed E-state index contributed by atoms with van der Waals surface area (Å²) in [5, 5.41) is 3.30. The molecule has 1 aromatic carbocycles. The van der Waals surface area contributed by atoms with Crippen LogP contribution in [0.5, 0.6) is 0 Å². The second-order valence-electron chi connectivity index (χ2n) is 3.65. The maximum atomic E-state index is 12.0. The van der Waals surface area contributed by atoms with Gasteiger partial charge in [-0.25, -0.2) is 0 Å². The van der Waals surface area contributed by atoms with E-state index in [1.807, 2.05) is 19.1 Å². The molecular formula is C12H8Br2ClNOS. The maximum Gasteiger partial charge on any atom is 0.265 e. The van der Waals surface area contributed by atoms with Crippen LogP contribution in [0, 0.1) is 6.92 Å². The molecule has 0 saturated heterocycles. The Morgan fingerprint density at radius 3 is 2.61 bits per heavy atom. The van der Waals surface area contributed by atoms with Crippen molar-refractivity contribution in [1.29, 1.82) is 0 Å². The first-order valence-corrected chi connectivity index (χ1v) is 7.78. The van der Waals surface area contributed by atoms with Gasteiger partial charge < -0.3 is 5.32 Å². The minimum atomic E-state index is -0.155. The maximum absolute atomic E-state index is 12.0. The summed E-state index contributed by atoms with van der Waals surface area (Å²) in [6, 6.07) is 7.18. The number of anilines is 1. The summed E-state index contributed by atoms with van der Waals surface area (Å²) in [6.07, 6.45) is 0. The van der Waals surface area contributed by atoms with Crippen molar-refractivity contribution in [1.82, 2.24) is 0 Å². The number of hydrogen-bond donors (Lipinski definition) is 1. The molecule has 0 aliphatic rings. The highest BCUT2D eigenvalue weighted by molar-refractivity contribution is 9.11. The quantitative estimate of drug-likeness (QED) is 0.698. The molecule has 1 heterocycles. The molecule has 2 nitrogen and oxygen atoms in total. The fourth-order valence-electron chi connectivity index (χ4n) is 1.35. The average Bonchev–Trinajstić information content (AvgIpc) is 2.63. The normalized spacial score (nSPS) is 10.4. The van der Waals surface area contributed by atoms with E-state index in [-0.39, 0.29) is 5.91 Å². The van der Waals surface area contributed by atoms with Gasteiger partial charge in [-0.2, -0.15) is 0 Å². The van der Waals surface area contributed by atoms with Crippen molar-refractivity contribution in [3.8, 4) is 0 Å². The second-order valence-corrected chi connectivity index (χ2v) is 7.34. The SMILES string of the molecule is Cc1cc(C(=O)Nc2ccc(Br)cc2Cl)sc1Br. The number of carbonyl (C=O) groups excluding carboxylic acids is 1. The Hall–Kier alpha value is -0.360. The highest BCUT2D eigenvalue weighted by Gasteiger charge is 2.12. The van der Waals surface area contributed by atoms with Crippen LogP contribution in [0.3, 0.4) is 0 Å². The number of nitrogens with one attached hydrogen (secondary N) is 1. The molecule has 0 saturated carbocycles. The molecule has 1 amide bonds. The van der Waals surface area contributed by atoms with E-state index in [9.17, 15) is 4.79 Å². The molecule has 0 fully saturated rings. The lowest BCUT2D eigenvalue weighted by Gasteiger charge is -2.06. The van der Waals surface area contributed by atoms with Crippen LogP contribution in [0.1, 0.15) is 15.2 Å². The van der Waals surface area contributed by atoms with Gasteiger partial charge >= 0.3 is 0 Å². The Kier molecular flexibility index (Phi) is 4.48. The molecule has 2 aromatic rings. The molecule has 1 N–H and O–H groups in total. The fourth-order valence-corrected chi connectivity index (χ4v) is 3.50. The van der Waals surface area contributed by atoms with Gasteiger partial charge in [-0.15, -0.1) is 11.3 Å². The molecule has 2 rings (SSSR count). The highest BCUT2D eigenvalue weighted by atomic mass is 79.9. The zero-order valence-corrected chi connectivity index (χ0v) is 14.0. The molecule has 94 valence electrons. The van der Waals surface area contributed by atoms with Gasteiger partial charge in [-0.05, 0) is 52.7 Å². The van der Waals surface area contributed by atoms with Crippen LogP contribution < -0.4 is 5.32 Å². The van der Waals surface area contributed by atoms with Crippen molar-refractivity contribution in [3.05, 3.63) is 48.0 Å². The second kappa shape index (κ2) is 5.74. The topological polar surface area (TPSA) is 29.1 Å². The van der Waals surface area contributed by atoms with E-state index >= 15 is 0 Å². The summed E-state index contributed by atoms with van der Waals surface area (Å²) in [4.78, 5) is 12.7. The molecule has 6 heteroatoms. The highest BCUT2D eigenvalue weighted by Crippen LogP contribution is 2.30. The summed E-state index contributed by atoms with van der Waals surface area (Å²) in [6.45, 7) is 1.95. The minimum Gasteiger partial charge on any atom is -0.320 e. The number of thiophene rings is 1. The Morgan fingerprint density at radius 1 is 1.33 bits per heavy atom.